The molecule has 0 saturated carbocycles. The molecule has 3 rings (SSSR count). The number of imide groups is 1. The van der Waals surface area contributed by atoms with E-state index in [1.165, 1.54) is 39.3 Å². The van der Waals surface area contributed by atoms with Gasteiger partial charge in [0.1, 0.15) is 0 Å². The van der Waals surface area contributed by atoms with Crippen molar-refractivity contribution in [2.75, 3.05) is 19.1 Å². The molecular weight excluding hydrogens is 350 g/mol. The van der Waals surface area contributed by atoms with E-state index in [1.807, 2.05) is 0 Å². The first-order valence-electron chi connectivity index (χ1n) is 8.25. The largest absolute Gasteiger partial charge is 0.493 e. The summed E-state index contributed by atoms with van der Waals surface area (Å²) >= 11 is 0. The van der Waals surface area contributed by atoms with Crippen molar-refractivity contribution in [1.29, 1.82) is 0 Å². The molecule has 1 atom stereocenters. The zero-order valence-corrected chi connectivity index (χ0v) is 15.2. The summed E-state index contributed by atoms with van der Waals surface area (Å²) in [6.07, 6.45) is -0.498. The summed E-state index contributed by atoms with van der Waals surface area (Å²) in [5.41, 5.74) is -1.32. The number of methoxy groups -OCH3 is 2. The molecule has 1 aliphatic rings. The van der Waals surface area contributed by atoms with Crippen molar-refractivity contribution in [3.8, 4) is 11.5 Å². The number of hydrogen-bond acceptors (Lipinski definition) is 6. The lowest BCUT2D eigenvalue weighted by atomic mass is 9.88. The van der Waals surface area contributed by atoms with Crippen molar-refractivity contribution in [2.45, 2.75) is 18.9 Å². The Kier molecular flexibility index (Phi) is 4.72. The number of carbonyl (C=O) groups is 3. The standard InChI is InChI=1S/C20H19NO6/c1-12(22)21-15-7-5-4-6-14(15)20(25,19(21)24)11-16(23)13-8-9-17(26-2)18(10-13)27-3/h4-10,25H,11H2,1-3H3. The molecule has 27 heavy (non-hydrogen) atoms. The summed E-state index contributed by atoms with van der Waals surface area (Å²) < 4.78 is 10.3. The van der Waals surface area contributed by atoms with Gasteiger partial charge in [-0.3, -0.25) is 14.4 Å². The third-order valence-corrected chi connectivity index (χ3v) is 4.58. The van der Waals surface area contributed by atoms with Crippen LogP contribution in [-0.2, 0) is 15.2 Å². The minimum absolute atomic E-state index is 0.235. The minimum Gasteiger partial charge on any atom is -0.493 e. The van der Waals surface area contributed by atoms with Crippen LogP contribution in [0, 0.1) is 0 Å². The van der Waals surface area contributed by atoms with Crippen LogP contribution in [0.4, 0.5) is 5.69 Å². The van der Waals surface area contributed by atoms with Crippen LogP contribution in [0.25, 0.3) is 0 Å². The third kappa shape index (κ3) is 2.96. The number of hydrogen-bond donors (Lipinski definition) is 1. The SMILES string of the molecule is COc1ccc(C(=O)CC2(O)C(=O)N(C(C)=O)c3ccccc32)cc1OC. The first-order chi connectivity index (χ1) is 12.8. The number of anilines is 1. The van der Waals surface area contributed by atoms with Gasteiger partial charge in [0, 0.05) is 18.1 Å². The number of amides is 2. The lowest BCUT2D eigenvalue weighted by molar-refractivity contribution is -0.138. The maximum Gasteiger partial charge on any atom is 0.270 e. The number of ether oxygens (including phenoxy) is 2. The molecule has 2 aromatic carbocycles. The topological polar surface area (TPSA) is 93.1 Å². The van der Waals surface area contributed by atoms with Crippen LogP contribution in [0.1, 0.15) is 29.3 Å². The normalized spacial score (nSPS) is 18.2. The van der Waals surface area contributed by atoms with Gasteiger partial charge in [0.25, 0.3) is 5.91 Å². The van der Waals surface area contributed by atoms with Crippen LogP contribution in [0.15, 0.2) is 42.5 Å². The molecule has 0 spiro atoms. The van der Waals surface area contributed by atoms with Gasteiger partial charge in [0.15, 0.2) is 22.9 Å². The van der Waals surface area contributed by atoms with Crippen LogP contribution in [-0.4, -0.2) is 36.9 Å². The molecule has 1 heterocycles. The Morgan fingerprint density at radius 1 is 1.07 bits per heavy atom. The van der Waals surface area contributed by atoms with Crippen LogP contribution < -0.4 is 14.4 Å². The van der Waals surface area contributed by atoms with Gasteiger partial charge < -0.3 is 14.6 Å². The first-order valence-corrected chi connectivity index (χ1v) is 8.25. The van der Waals surface area contributed by atoms with Crippen molar-refractivity contribution < 1.29 is 29.0 Å². The second-order valence-electron chi connectivity index (χ2n) is 6.21. The van der Waals surface area contributed by atoms with Crippen LogP contribution in [0.2, 0.25) is 0 Å². The summed E-state index contributed by atoms with van der Waals surface area (Å²) in [5, 5.41) is 11.1. The van der Waals surface area contributed by atoms with Gasteiger partial charge in [-0.2, -0.15) is 0 Å². The molecular formula is C20H19NO6. The Balaban J connectivity index is 1.98. The highest BCUT2D eigenvalue weighted by Gasteiger charge is 2.52. The predicted molar refractivity (Wildman–Crippen MR) is 97.0 cm³/mol. The van der Waals surface area contributed by atoms with E-state index in [9.17, 15) is 19.5 Å². The van der Waals surface area contributed by atoms with Gasteiger partial charge in [-0.1, -0.05) is 18.2 Å². The molecule has 0 fully saturated rings. The summed E-state index contributed by atoms with van der Waals surface area (Å²) in [6, 6.07) is 11.0. The highest BCUT2D eigenvalue weighted by atomic mass is 16.5. The van der Waals surface area contributed by atoms with Gasteiger partial charge in [0.05, 0.1) is 26.3 Å². The van der Waals surface area contributed by atoms with E-state index < -0.39 is 29.6 Å². The second-order valence-corrected chi connectivity index (χ2v) is 6.21. The Bertz CT molecular complexity index is 938. The monoisotopic (exact) mass is 369 g/mol. The number of rotatable bonds is 5. The van der Waals surface area contributed by atoms with Crippen molar-refractivity contribution in [2.24, 2.45) is 0 Å². The van der Waals surface area contributed by atoms with E-state index in [1.54, 1.807) is 24.3 Å². The summed E-state index contributed by atoms with van der Waals surface area (Å²) in [7, 11) is 2.92. The molecule has 1 N–H and O–H groups in total. The summed E-state index contributed by atoms with van der Waals surface area (Å²) in [6.45, 7) is 1.23. The van der Waals surface area contributed by atoms with Crippen molar-refractivity contribution in [3.63, 3.8) is 0 Å². The molecule has 0 aliphatic carbocycles. The number of para-hydroxylation sites is 1. The molecule has 0 radical (unpaired) electrons. The van der Waals surface area contributed by atoms with E-state index >= 15 is 0 Å². The third-order valence-electron chi connectivity index (χ3n) is 4.58. The molecule has 7 heteroatoms. The number of ketones is 1. The fourth-order valence-corrected chi connectivity index (χ4v) is 3.26. The smallest absolute Gasteiger partial charge is 0.270 e. The number of aliphatic hydroxyl groups is 1. The van der Waals surface area contributed by atoms with Gasteiger partial charge in [-0.05, 0) is 24.3 Å². The Morgan fingerprint density at radius 2 is 1.74 bits per heavy atom. The minimum atomic E-state index is -2.10. The average molecular weight is 369 g/mol. The van der Waals surface area contributed by atoms with Crippen LogP contribution in [0.3, 0.4) is 0 Å². The lowest BCUT2D eigenvalue weighted by Gasteiger charge is -2.21. The Morgan fingerprint density at radius 3 is 2.37 bits per heavy atom. The molecule has 2 aromatic rings. The highest BCUT2D eigenvalue weighted by Crippen LogP contribution is 2.43. The number of nitrogens with zero attached hydrogens (tertiary/aromatic N) is 1. The van der Waals surface area contributed by atoms with E-state index in [-0.39, 0.29) is 16.8 Å². The number of fused-ring (bicyclic) bond motifs is 1. The zero-order valence-electron chi connectivity index (χ0n) is 15.2. The average Bonchev–Trinajstić information content (AvgIpc) is 2.88. The van der Waals surface area contributed by atoms with Crippen LogP contribution >= 0.6 is 0 Å². The van der Waals surface area contributed by atoms with E-state index in [4.69, 9.17) is 9.47 Å². The molecule has 1 aliphatic heterocycles. The van der Waals surface area contributed by atoms with E-state index in [2.05, 4.69) is 0 Å². The van der Waals surface area contributed by atoms with Crippen LogP contribution in [0.5, 0.6) is 11.5 Å². The molecule has 2 amide bonds. The first kappa shape index (κ1) is 18.6. The summed E-state index contributed by atoms with van der Waals surface area (Å²) in [4.78, 5) is 38.4. The number of Topliss-reactive ketones (excluding diaryl/α,β-unsaturated/α-hetero) is 1. The quantitative estimate of drug-likeness (QED) is 0.811. The second kappa shape index (κ2) is 6.85. The fourth-order valence-electron chi connectivity index (χ4n) is 3.26. The maximum atomic E-state index is 12.8. The van der Waals surface area contributed by atoms with Gasteiger partial charge in [-0.25, -0.2) is 4.90 Å². The molecule has 0 bridgehead atoms. The Labute approximate surface area is 156 Å². The number of benzene rings is 2. The molecule has 0 aromatic heterocycles. The molecule has 140 valence electrons. The van der Waals surface area contributed by atoms with Gasteiger partial charge in [-0.15, -0.1) is 0 Å². The molecule has 1 unspecified atom stereocenters. The van der Waals surface area contributed by atoms with Crippen molar-refractivity contribution >= 4 is 23.3 Å². The van der Waals surface area contributed by atoms with Crippen molar-refractivity contribution in [3.05, 3.63) is 53.6 Å². The van der Waals surface area contributed by atoms with Gasteiger partial charge >= 0.3 is 0 Å². The maximum absolute atomic E-state index is 12.8. The molecule has 7 nitrogen and oxygen atoms in total. The summed E-state index contributed by atoms with van der Waals surface area (Å²) in [5.74, 6) is -1.00. The Hall–Kier alpha value is -3.19. The zero-order chi connectivity index (χ0) is 19.8. The number of carbonyl (C=O) groups excluding carboxylic acids is 3. The molecule has 0 saturated heterocycles. The van der Waals surface area contributed by atoms with Gasteiger partial charge in [0.2, 0.25) is 5.91 Å². The van der Waals surface area contributed by atoms with E-state index in [0.717, 1.165) is 4.90 Å². The highest BCUT2D eigenvalue weighted by molar-refractivity contribution is 6.22. The fraction of sp³-hybridized carbons (Fsp3) is 0.250. The van der Waals surface area contributed by atoms with E-state index in [0.29, 0.717) is 11.5 Å². The predicted octanol–water partition coefficient (Wildman–Crippen LogP) is 2.06. The lowest BCUT2D eigenvalue weighted by Crippen LogP contribution is -2.43. The van der Waals surface area contributed by atoms with Crippen molar-refractivity contribution in [1.82, 2.24) is 0 Å².